The van der Waals surface area contributed by atoms with Crippen molar-refractivity contribution in [3.63, 3.8) is 0 Å². The van der Waals surface area contributed by atoms with E-state index < -0.39 is 29.1 Å². The number of phenols is 1. The molecule has 10 rings (SSSR count). The second-order valence-corrected chi connectivity index (χ2v) is 20.0. The predicted octanol–water partition coefficient (Wildman–Crippen LogP) is 15.3. The molecule has 0 amide bonds. The van der Waals surface area contributed by atoms with Gasteiger partial charge in [-0.25, -0.2) is 9.59 Å². The van der Waals surface area contributed by atoms with Crippen molar-refractivity contribution < 1.29 is 48.0 Å². The lowest BCUT2D eigenvalue weighted by Gasteiger charge is -2.37. The maximum absolute atomic E-state index is 13.2. The summed E-state index contributed by atoms with van der Waals surface area (Å²) in [6.45, 7) is 10.5. The summed E-state index contributed by atoms with van der Waals surface area (Å²) in [5, 5.41) is 13.2. The first-order valence-corrected chi connectivity index (χ1v) is 26.0. The molecule has 0 fully saturated rings. The molecule has 1 N–H and O–H groups in total. The van der Waals surface area contributed by atoms with E-state index in [0.717, 1.165) is 53.1 Å². The van der Waals surface area contributed by atoms with E-state index in [1.807, 2.05) is 141 Å². The molecule has 0 saturated heterocycles. The van der Waals surface area contributed by atoms with Gasteiger partial charge >= 0.3 is 17.9 Å². The monoisotopic (exact) mass is 1150 g/mol. The third kappa shape index (κ3) is 11.0. The van der Waals surface area contributed by atoms with Gasteiger partial charge in [-0.2, -0.15) is 0 Å². The molecule has 0 aliphatic carbocycles. The van der Waals surface area contributed by atoms with E-state index in [2.05, 4.69) is 79.9 Å². The van der Waals surface area contributed by atoms with Crippen LogP contribution in [0.4, 0.5) is 0 Å². The van der Waals surface area contributed by atoms with E-state index in [1.54, 1.807) is 19.9 Å². The molecule has 2 aliphatic rings. The van der Waals surface area contributed by atoms with Crippen LogP contribution in [0.15, 0.2) is 167 Å². The summed E-state index contributed by atoms with van der Waals surface area (Å²) in [6, 6.07) is 47.2. The van der Waals surface area contributed by atoms with E-state index in [-0.39, 0.29) is 41.1 Å². The Balaban J connectivity index is 0.000000187. The summed E-state index contributed by atoms with van der Waals surface area (Å²) in [7, 11) is 0. The summed E-state index contributed by atoms with van der Waals surface area (Å²) >= 11 is 11.7. The molecule has 75 heavy (non-hydrogen) atoms. The maximum Gasteiger partial charge on any atom is 0.342 e. The standard InChI is InChI=1S/C31H25BrO5.C29H23BrO4.C2H3ClO/c1-4-35-30(34)27-26-17-18-31(21-11-9-19(2)10-12-21,22-13-15-23(32)16-14-22)37-28(26)24-7-5-6-8-25(24)29(27)36-20(3)33;1-3-33-28(32)25-24-16-17-29(19-10-8-18(2)9-11-19,20-12-14-21(30)15-13-20)34-27(24)23-7-5-4-6-22(23)26(25)31;1-2(3)4/h5-18H,4H2,1-3H3;4-17,31H,3H2,1-2H3;1H3. The van der Waals surface area contributed by atoms with Crippen LogP contribution in [0, 0.1) is 13.8 Å². The summed E-state index contributed by atoms with van der Waals surface area (Å²) in [5.74, 6) is -0.585. The molecular weight excluding hydrogens is 1100 g/mol. The van der Waals surface area contributed by atoms with Gasteiger partial charge in [0.05, 0.1) is 13.2 Å². The van der Waals surface area contributed by atoms with Crippen LogP contribution in [0.25, 0.3) is 33.7 Å². The van der Waals surface area contributed by atoms with Crippen molar-refractivity contribution in [3.8, 4) is 23.0 Å². The molecule has 8 aromatic rings. The van der Waals surface area contributed by atoms with Crippen molar-refractivity contribution >= 4 is 100 Å². The number of carbonyl (C=O) groups excluding carboxylic acids is 4. The van der Waals surface area contributed by atoms with E-state index in [0.29, 0.717) is 33.4 Å². The molecule has 2 atom stereocenters. The van der Waals surface area contributed by atoms with Crippen LogP contribution in [0.3, 0.4) is 0 Å². The number of benzene rings is 8. The third-order valence-corrected chi connectivity index (χ3v) is 13.6. The number of esters is 3. The predicted molar refractivity (Wildman–Crippen MR) is 301 cm³/mol. The van der Waals surface area contributed by atoms with Crippen LogP contribution in [-0.4, -0.2) is 41.5 Å². The van der Waals surface area contributed by atoms with Gasteiger partial charge in [0.1, 0.15) is 28.4 Å². The number of ether oxygens (including phenoxy) is 5. The molecule has 2 aliphatic heterocycles. The van der Waals surface area contributed by atoms with Crippen molar-refractivity contribution in [1.29, 1.82) is 0 Å². The molecule has 0 radical (unpaired) electrons. The highest BCUT2D eigenvalue weighted by atomic mass is 79.9. The highest BCUT2D eigenvalue weighted by Gasteiger charge is 2.42. The average Bonchev–Trinajstić information content (AvgIpc) is 3.41. The van der Waals surface area contributed by atoms with Crippen LogP contribution in [-0.2, 0) is 30.3 Å². The highest BCUT2D eigenvalue weighted by molar-refractivity contribution is 9.10. The quantitative estimate of drug-likeness (QED) is 0.0845. The van der Waals surface area contributed by atoms with Gasteiger partial charge in [-0.3, -0.25) is 9.59 Å². The van der Waals surface area contributed by atoms with Crippen molar-refractivity contribution in [2.45, 2.75) is 52.7 Å². The van der Waals surface area contributed by atoms with Crippen molar-refractivity contribution in [2.24, 2.45) is 0 Å². The first kappa shape index (κ1) is 53.8. The van der Waals surface area contributed by atoms with Crippen LogP contribution < -0.4 is 14.2 Å². The molecule has 2 heterocycles. The molecule has 0 saturated carbocycles. The normalized spacial score (nSPS) is 15.9. The van der Waals surface area contributed by atoms with Crippen molar-refractivity contribution in [2.75, 3.05) is 13.2 Å². The van der Waals surface area contributed by atoms with Gasteiger partial charge < -0.3 is 28.8 Å². The Morgan fingerprint density at radius 3 is 1.28 bits per heavy atom. The Bertz CT molecular complexity index is 3440. The van der Waals surface area contributed by atoms with Crippen LogP contribution in [0.1, 0.15) is 92.9 Å². The Morgan fingerprint density at radius 2 is 0.880 bits per heavy atom. The zero-order chi connectivity index (χ0) is 53.6. The fraction of sp³-hybridized carbons (Fsp3) is 0.161. The van der Waals surface area contributed by atoms with Gasteiger partial charge in [-0.05, 0) is 87.9 Å². The number of aromatic hydroxyl groups is 1. The van der Waals surface area contributed by atoms with E-state index in [1.165, 1.54) is 13.8 Å². The van der Waals surface area contributed by atoms with E-state index in [9.17, 15) is 24.3 Å². The average molecular weight is 1150 g/mol. The number of rotatable bonds is 9. The van der Waals surface area contributed by atoms with Crippen LogP contribution in [0.5, 0.6) is 23.0 Å². The largest absolute Gasteiger partial charge is 0.506 e. The van der Waals surface area contributed by atoms with Gasteiger partial charge in [-0.1, -0.05) is 164 Å². The molecule has 0 spiro atoms. The summed E-state index contributed by atoms with van der Waals surface area (Å²) < 4.78 is 32.0. The lowest BCUT2D eigenvalue weighted by atomic mass is 9.82. The number of aryl methyl sites for hydroxylation is 2. The zero-order valence-corrected chi connectivity index (χ0v) is 45.8. The summed E-state index contributed by atoms with van der Waals surface area (Å²) in [5.41, 5.74) is 5.45. The minimum atomic E-state index is -0.959. The van der Waals surface area contributed by atoms with Gasteiger partial charge in [0.25, 0.3) is 0 Å². The van der Waals surface area contributed by atoms with E-state index in [4.69, 9.17) is 23.7 Å². The number of halogens is 3. The minimum absolute atomic E-state index is 0.104. The third-order valence-electron chi connectivity index (χ3n) is 12.5. The second kappa shape index (κ2) is 22.9. The van der Waals surface area contributed by atoms with Crippen molar-refractivity contribution in [3.05, 3.63) is 222 Å². The van der Waals surface area contributed by atoms with Crippen LogP contribution >= 0.6 is 43.5 Å². The zero-order valence-electron chi connectivity index (χ0n) is 41.8. The minimum Gasteiger partial charge on any atom is -0.506 e. The molecule has 0 aromatic heterocycles. The molecule has 2 unspecified atom stereocenters. The number of carbonyl (C=O) groups is 4. The van der Waals surface area contributed by atoms with Crippen LogP contribution in [0.2, 0.25) is 0 Å². The first-order valence-electron chi connectivity index (χ1n) is 24.0. The molecule has 13 heteroatoms. The first-order chi connectivity index (χ1) is 36.0. The maximum atomic E-state index is 13.2. The van der Waals surface area contributed by atoms with Gasteiger partial charge in [0.2, 0.25) is 5.24 Å². The summed E-state index contributed by atoms with van der Waals surface area (Å²) in [4.78, 5) is 47.4. The molecule has 0 bridgehead atoms. The fourth-order valence-corrected chi connectivity index (χ4v) is 9.68. The van der Waals surface area contributed by atoms with Gasteiger partial charge in [0, 0.05) is 77.7 Å². The second-order valence-electron chi connectivity index (χ2n) is 17.6. The molecular formula is C62H51Br2ClO10. The lowest BCUT2D eigenvalue weighted by molar-refractivity contribution is -0.131. The van der Waals surface area contributed by atoms with E-state index >= 15 is 0 Å². The molecule has 10 nitrogen and oxygen atoms in total. The number of hydrogen-bond acceptors (Lipinski definition) is 10. The van der Waals surface area contributed by atoms with Gasteiger partial charge in [0.15, 0.2) is 17.0 Å². The Labute approximate surface area is 456 Å². The number of hydrogen-bond donors (Lipinski definition) is 1. The smallest absolute Gasteiger partial charge is 0.342 e. The topological polar surface area (TPSA) is 135 Å². The molecule has 380 valence electrons. The number of phenolic OH excluding ortho intramolecular Hbond substituents is 1. The Hall–Kier alpha value is -7.51. The van der Waals surface area contributed by atoms with Gasteiger partial charge in [-0.15, -0.1) is 0 Å². The lowest BCUT2D eigenvalue weighted by Crippen LogP contribution is -2.35. The summed E-state index contributed by atoms with van der Waals surface area (Å²) in [6.07, 6.45) is 7.62. The SMILES string of the molecule is CC(=O)Cl.CCOC(=O)c1c2c(c3ccccc3c1O)OC(c1ccc(C)cc1)(c1ccc(Br)cc1)C=C2.CCOC(=O)c1c2c(c3ccccc3c1OC(C)=O)OC(c1ccc(C)cc1)(c1ccc(Br)cc1)C=C2. The Kier molecular flexibility index (Phi) is 16.4. The highest BCUT2D eigenvalue weighted by Crippen LogP contribution is 2.51. The Morgan fingerprint density at radius 1 is 0.533 bits per heavy atom. The van der Waals surface area contributed by atoms with Crippen molar-refractivity contribution in [1.82, 2.24) is 0 Å². The molecule has 8 aromatic carbocycles. The fourth-order valence-electron chi connectivity index (χ4n) is 9.15. The number of fused-ring (bicyclic) bond motifs is 6.